The summed E-state index contributed by atoms with van der Waals surface area (Å²) in [5.74, 6) is -1.09. The number of hydrogen-bond donors (Lipinski definition) is 2. The third kappa shape index (κ3) is 6.31. The summed E-state index contributed by atoms with van der Waals surface area (Å²) in [6, 6.07) is 4.66. The molecular formula is C20H30N4O6S. The lowest BCUT2D eigenvalue weighted by Crippen LogP contribution is -2.40. The van der Waals surface area contributed by atoms with Crippen molar-refractivity contribution in [3.63, 3.8) is 0 Å². The second-order valence-corrected chi connectivity index (χ2v) is 9.51. The van der Waals surface area contributed by atoms with Crippen molar-refractivity contribution in [1.29, 1.82) is 0 Å². The standard InChI is InChI=1S/C20H30N4O6S/c1-29-18-15-16(5-6-17(18)24-9-2-3-14-31(24,27)28)22-20(26)19(25)21-7-4-8-23-10-12-30-13-11-23/h5-6,15H,2-4,7-14H2,1H3,(H,21,25)(H,22,26). The van der Waals surface area contributed by atoms with Crippen LogP contribution < -0.4 is 19.7 Å². The first-order valence-corrected chi connectivity index (χ1v) is 12.1. The highest BCUT2D eigenvalue weighted by Crippen LogP contribution is 2.34. The summed E-state index contributed by atoms with van der Waals surface area (Å²) >= 11 is 0. The number of benzene rings is 1. The van der Waals surface area contributed by atoms with E-state index in [4.69, 9.17) is 9.47 Å². The Morgan fingerprint density at radius 2 is 1.90 bits per heavy atom. The molecule has 3 rings (SSSR count). The van der Waals surface area contributed by atoms with Crippen molar-refractivity contribution in [2.24, 2.45) is 0 Å². The highest BCUT2D eigenvalue weighted by atomic mass is 32.2. The normalized spacial score (nSPS) is 18.9. The van der Waals surface area contributed by atoms with Crippen LogP contribution in [0.15, 0.2) is 18.2 Å². The van der Waals surface area contributed by atoms with Gasteiger partial charge in [-0.05, 0) is 37.9 Å². The zero-order chi connectivity index (χ0) is 22.3. The molecule has 0 radical (unpaired) electrons. The van der Waals surface area contributed by atoms with Gasteiger partial charge in [-0.3, -0.25) is 18.8 Å². The molecule has 0 unspecified atom stereocenters. The number of anilines is 2. The van der Waals surface area contributed by atoms with Gasteiger partial charge in [-0.15, -0.1) is 0 Å². The number of methoxy groups -OCH3 is 1. The fourth-order valence-electron chi connectivity index (χ4n) is 3.62. The highest BCUT2D eigenvalue weighted by molar-refractivity contribution is 7.92. The van der Waals surface area contributed by atoms with Gasteiger partial charge >= 0.3 is 11.8 Å². The van der Waals surface area contributed by atoms with Crippen molar-refractivity contribution in [3.05, 3.63) is 18.2 Å². The van der Waals surface area contributed by atoms with E-state index < -0.39 is 21.8 Å². The fraction of sp³-hybridized carbons (Fsp3) is 0.600. The van der Waals surface area contributed by atoms with Gasteiger partial charge in [-0.25, -0.2) is 8.42 Å². The van der Waals surface area contributed by atoms with E-state index in [2.05, 4.69) is 15.5 Å². The van der Waals surface area contributed by atoms with Crippen LogP contribution in [0.2, 0.25) is 0 Å². The summed E-state index contributed by atoms with van der Waals surface area (Å²) < 4.78 is 36.7. The Bertz CT molecular complexity index is 886. The molecule has 2 amide bonds. The fourth-order valence-corrected chi connectivity index (χ4v) is 5.27. The Labute approximate surface area is 182 Å². The molecule has 1 aromatic carbocycles. The van der Waals surface area contributed by atoms with E-state index in [0.717, 1.165) is 45.7 Å². The van der Waals surface area contributed by atoms with Crippen molar-refractivity contribution >= 4 is 33.2 Å². The number of amides is 2. The zero-order valence-corrected chi connectivity index (χ0v) is 18.6. The number of sulfonamides is 1. The number of hydrogen-bond acceptors (Lipinski definition) is 7. The Hall–Kier alpha value is -2.37. The first-order chi connectivity index (χ1) is 14.9. The molecular weight excluding hydrogens is 424 g/mol. The average molecular weight is 455 g/mol. The van der Waals surface area contributed by atoms with Crippen molar-refractivity contribution in [1.82, 2.24) is 10.2 Å². The first kappa shape index (κ1) is 23.3. The van der Waals surface area contributed by atoms with Gasteiger partial charge < -0.3 is 20.1 Å². The number of morpholine rings is 1. The molecule has 2 saturated heterocycles. The molecule has 1 aromatic rings. The molecule has 0 aliphatic carbocycles. The van der Waals surface area contributed by atoms with E-state index in [0.29, 0.717) is 36.6 Å². The third-order valence-electron chi connectivity index (χ3n) is 5.30. The molecule has 0 spiro atoms. The maximum Gasteiger partial charge on any atom is 0.313 e. The quantitative estimate of drug-likeness (QED) is 0.452. The van der Waals surface area contributed by atoms with Crippen molar-refractivity contribution < 1.29 is 27.5 Å². The SMILES string of the molecule is COc1cc(NC(=O)C(=O)NCCCN2CCOCC2)ccc1N1CCCCS1(=O)=O. The number of carbonyl (C=O) groups excluding carboxylic acids is 2. The minimum absolute atomic E-state index is 0.0976. The molecule has 2 aliphatic heterocycles. The van der Waals surface area contributed by atoms with Gasteiger partial charge in [0.1, 0.15) is 5.75 Å². The number of nitrogens with one attached hydrogen (secondary N) is 2. The lowest BCUT2D eigenvalue weighted by atomic mass is 10.2. The van der Waals surface area contributed by atoms with Crippen molar-refractivity contribution in [3.8, 4) is 5.75 Å². The summed E-state index contributed by atoms with van der Waals surface area (Å²) in [5.41, 5.74) is 0.774. The minimum Gasteiger partial charge on any atom is -0.494 e. The predicted molar refractivity (Wildman–Crippen MR) is 117 cm³/mol. The van der Waals surface area contributed by atoms with E-state index in [1.54, 1.807) is 12.1 Å². The average Bonchev–Trinajstić information content (AvgIpc) is 2.77. The number of nitrogens with zero attached hydrogens (tertiary/aromatic N) is 2. The number of ether oxygens (including phenoxy) is 2. The van der Waals surface area contributed by atoms with Crippen LogP contribution in [0.1, 0.15) is 19.3 Å². The van der Waals surface area contributed by atoms with Gasteiger partial charge in [0.25, 0.3) is 0 Å². The van der Waals surface area contributed by atoms with E-state index in [-0.39, 0.29) is 5.75 Å². The zero-order valence-electron chi connectivity index (χ0n) is 17.8. The first-order valence-electron chi connectivity index (χ1n) is 10.5. The van der Waals surface area contributed by atoms with Crippen molar-refractivity contribution in [2.45, 2.75) is 19.3 Å². The van der Waals surface area contributed by atoms with E-state index in [9.17, 15) is 18.0 Å². The van der Waals surface area contributed by atoms with E-state index >= 15 is 0 Å². The van der Waals surface area contributed by atoms with Crippen LogP contribution >= 0.6 is 0 Å². The Morgan fingerprint density at radius 3 is 2.61 bits per heavy atom. The van der Waals surface area contributed by atoms with Crippen LogP contribution in [-0.4, -0.2) is 83.9 Å². The van der Waals surface area contributed by atoms with Crippen LogP contribution in [0.3, 0.4) is 0 Å². The number of carbonyl (C=O) groups is 2. The molecule has 2 fully saturated rings. The second-order valence-electron chi connectivity index (χ2n) is 7.50. The Kier molecular flexibility index (Phi) is 8.10. The molecule has 0 aromatic heterocycles. The Balaban J connectivity index is 1.52. The largest absolute Gasteiger partial charge is 0.494 e. The molecule has 2 heterocycles. The third-order valence-corrected chi connectivity index (χ3v) is 7.16. The maximum atomic E-state index is 12.4. The van der Waals surface area contributed by atoms with Crippen LogP contribution in [0.4, 0.5) is 11.4 Å². The van der Waals surface area contributed by atoms with Gasteiger partial charge in [-0.2, -0.15) is 0 Å². The second kappa shape index (κ2) is 10.8. The van der Waals surface area contributed by atoms with E-state index in [1.807, 2.05) is 0 Å². The molecule has 10 nitrogen and oxygen atoms in total. The van der Waals surface area contributed by atoms with Gasteiger partial charge in [0.15, 0.2) is 0 Å². The summed E-state index contributed by atoms with van der Waals surface area (Å²) in [6.07, 6.45) is 2.15. The van der Waals surface area contributed by atoms with Crippen LogP contribution in [-0.2, 0) is 24.3 Å². The van der Waals surface area contributed by atoms with Gasteiger partial charge in [0.2, 0.25) is 10.0 Å². The molecule has 11 heteroatoms. The molecule has 2 N–H and O–H groups in total. The van der Waals surface area contributed by atoms with Crippen LogP contribution in [0, 0.1) is 0 Å². The molecule has 172 valence electrons. The molecule has 0 saturated carbocycles. The summed E-state index contributed by atoms with van der Waals surface area (Å²) in [6.45, 7) is 4.83. The topological polar surface area (TPSA) is 117 Å². The van der Waals surface area contributed by atoms with Crippen LogP contribution in [0.25, 0.3) is 0 Å². The van der Waals surface area contributed by atoms with Gasteiger partial charge in [0, 0.05) is 37.9 Å². The maximum absolute atomic E-state index is 12.4. The molecule has 0 bridgehead atoms. The van der Waals surface area contributed by atoms with Gasteiger partial charge in [-0.1, -0.05) is 0 Å². The lowest BCUT2D eigenvalue weighted by molar-refractivity contribution is -0.136. The smallest absolute Gasteiger partial charge is 0.313 e. The molecule has 2 aliphatic rings. The summed E-state index contributed by atoms with van der Waals surface area (Å²) in [4.78, 5) is 26.5. The summed E-state index contributed by atoms with van der Waals surface area (Å²) in [7, 11) is -1.96. The van der Waals surface area contributed by atoms with Crippen LogP contribution in [0.5, 0.6) is 5.75 Å². The monoisotopic (exact) mass is 454 g/mol. The Morgan fingerprint density at radius 1 is 1.13 bits per heavy atom. The molecule has 0 atom stereocenters. The van der Waals surface area contributed by atoms with Gasteiger partial charge in [0.05, 0.1) is 31.8 Å². The predicted octanol–water partition coefficient (Wildman–Crippen LogP) is 0.402. The molecule has 31 heavy (non-hydrogen) atoms. The van der Waals surface area contributed by atoms with Crippen molar-refractivity contribution in [2.75, 3.05) is 68.4 Å². The number of rotatable bonds is 7. The lowest BCUT2D eigenvalue weighted by Gasteiger charge is -2.29. The minimum atomic E-state index is -3.39. The van der Waals surface area contributed by atoms with E-state index in [1.165, 1.54) is 17.5 Å². The highest BCUT2D eigenvalue weighted by Gasteiger charge is 2.28. The summed E-state index contributed by atoms with van der Waals surface area (Å²) in [5, 5.41) is 5.15.